The van der Waals surface area contributed by atoms with Crippen molar-refractivity contribution in [2.45, 2.75) is 96.8 Å². The van der Waals surface area contributed by atoms with Crippen LogP contribution in [0.25, 0.3) is 5.57 Å². The number of aliphatic hydroxyl groups is 1. The van der Waals surface area contributed by atoms with Crippen molar-refractivity contribution in [3.05, 3.63) is 105 Å². The molecule has 3 aromatic carbocycles. The summed E-state index contributed by atoms with van der Waals surface area (Å²) >= 11 is 0. The molecule has 4 N–H and O–H groups in total. The van der Waals surface area contributed by atoms with Gasteiger partial charge < -0.3 is 30.7 Å². The summed E-state index contributed by atoms with van der Waals surface area (Å²) in [6.45, 7) is 8.32. The zero-order chi connectivity index (χ0) is 36.1. The zero-order valence-corrected chi connectivity index (χ0v) is 30.2. The van der Waals surface area contributed by atoms with Gasteiger partial charge in [0.05, 0.1) is 12.6 Å². The van der Waals surface area contributed by atoms with Crippen molar-refractivity contribution in [2.75, 3.05) is 26.3 Å². The lowest BCUT2D eigenvalue weighted by Crippen LogP contribution is -2.62. The molecule has 3 aliphatic rings. The van der Waals surface area contributed by atoms with Crippen molar-refractivity contribution >= 4 is 23.3 Å². The lowest BCUT2D eigenvalue weighted by atomic mass is 9.82. The molecule has 0 unspecified atom stereocenters. The maximum Gasteiger partial charge on any atom is 0.252 e. The number of nitrogens with two attached hydrogens (primary N) is 1. The van der Waals surface area contributed by atoms with Gasteiger partial charge in [0.15, 0.2) is 0 Å². The fourth-order valence-electron chi connectivity index (χ4n) is 7.61. The molecule has 0 spiro atoms. The highest BCUT2D eigenvalue weighted by Crippen LogP contribution is 2.38. The smallest absolute Gasteiger partial charge is 0.252 e. The van der Waals surface area contributed by atoms with Crippen LogP contribution < -0.4 is 15.8 Å². The van der Waals surface area contributed by atoms with Gasteiger partial charge in [0.25, 0.3) is 5.91 Å². The first kappa shape index (κ1) is 36.3. The molecule has 9 nitrogen and oxygen atoms in total. The topological polar surface area (TPSA) is 125 Å². The molecule has 2 fully saturated rings. The van der Waals surface area contributed by atoms with E-state index in [1.165, 1.54) is 16.7 Å². The highest BCUT2D eigenvalue weighted by molar-refractivity contribution is 6.03. The van der Waals surface area contributed by atoms with Gasteiger partial charge in [0.2, 0.25) is 11.8 Å². The Labute approximate surface area is 301 Å². The summed E-state index contributed by atoms with van der Waals surface area (Å²) in [6, 6.07) is 20.7. The minimum absolute atomic E-state index is 0.00384. The number of carbonyl (C=O) groups excluding carboxylic acids is 3. The van der Waals surface area contributed by atoms with Crippen LogP contribution in [-0.4, -0.2) is 77.1 Å². The van der Waals surface area contributed by atoms with Crippen LogP contribution in [0.5, 0.6) is 5.75 Å². The normalized spacial score (nSPS) is 18.5. The third-order valence-corrected chi connectivity index (χ3v) is 10.6. The molecule has 3 aromatic rings. The van der Waals surface area contributed by atoms with Crippen LogP contribution in [0.3, 0.4) is 0 Å². The second-order valence-corrected chi connectivity index (χ2v) is 14.5. The van der Waals surface area contributed by atoms with Gasteiger partial charge in [0.1, 0.15) is 5.75 Å². The minimum atomic E-state index is -0.406. The summed E-state index contributed by atoms with van der Waals surface area (Å²) in [5.41, 5.74) is 15.0. The van der Waals surface area contributed by atoms with E-state index in [0.29, 0.717) is 45.5 Å². The molecule has 0 aromatic heterocycles. The molecule has 3 amide bonds. The van der Waals surface area contributed by atoms with Crippen molar-refractivity contribution < 1.29 is 24.2 Å². The van der Waals surface area contributed by atoms with E-state index in [4.69, 9.17) is 10.5 Å². The summed E-state index contributed by atoms with van der Waals surface area (Å²) in [4.78, 5) is 43.4. The van der Waals surface area contributed by atoms with E-state index < -0.39 is 5.91 Å². The van der Waals surface area contributed by atoms with Crippen LogP contribution in [0.1, 0.15) is 77.5 Å². The van der Waals surface area contributed by atoms with E-state index in [0.717, 1.165) is 58.4 Å². The summed E-state index contributed by atoms with van der Waals surface area (Å²) in [7, 11) is 0. The third-order valence-electron chi connectivity index (χ3n) is 10.6. The molecule has 51 heavy (non-hydrogen) atoms. The number of hydrogen-bond acceptors (Lipinski definition) is 6. The van der Waals surface area contributed by atoms with Gasteiger partial charge in [-0.15, -0.1) is 0 Å². The van der Waals surface area contributed by atoms with Gasteiger partial charge in [-0.2, -0.15) is 0 Å². The average Bonchev–Trinajstić information content (AvgIpc) is 3.95. The van der Waals surface area contributed by atoms with E-state index >= 15 is 0 Å². The summed E-state index contributed by atoms with van der Waals surface area (Å²) in [5.74, 6) is 0.517. The Morgan fingerprint density at radius 3 is 2.41 bits per heavy atom. The molecule has 1 aliphatic carbocycles. The molecule has 270 valence electrons. The molecule has 6 rings (SSSR count). The number of rotatable bonds is 15. The molecule has 1 saturated carbocycles. The van der Waals surface area contributed by atoms with Gasteiger partial charge in [-0.3, -0.25) is 14.4 Å². The highest BCUT2D eigenvalue weighted by atomic mass is 16.5. The number of fused-ring (bicyclic) bond motifs is 2. The Kier molecular flexibility index (Phi) is 11.6. The molecule has 1 saturated heterocycles. The molecule has 0 radical (unpaired) electrons. The number of benzene rings is 3. The van der Waals surface area contributed by atoms with Crippen molar-refractivity contribution in [1.29, 1.82) is 0 Å². The summed E-state index contributed by atoms with van der Waals surface area (Å²) in [6.07, 6.45) is 4.70. The number of primary amides is 1. The van der Waals surface area contributed by atoms with Crippen LogP contribution >= 0.6 is 0 Å². The van der Waals surface area contributed by atoms with E-state index in [-0.39, 0.29) is 49.4 Å². The summed E-state index contributed by atoms with van der Waals surface area (Å²) in [5, 5.41) is 13.4. The number of nitrogens with one attached hydrogen (secondary N) is 1. The number of aliphatic hydroxyl groups excluding tert-OH is 1. The number of amides is 3. The summed E-state index contributed by atoms with van der Waals surface area (Å²) < 4.78 is 6.20. The number of piperazine rings is 1. The number of hydrogen-bond donors (Lipinski definition) is 3. The Morgan fingerprint density at radius 2 is 1.71 bits per heavy atom. The van der Waals surface area contributed by atoms with Gasteiger partial charge in [-0.05, 0) is 103 Å². The average molecular weight is 693 g/mol. The molecule has 2 atom stereocenters. The monoisotopic (exact) mass is 692 g/mol. The number of aryl methyl sites for hydroxylation is 2. The first-order valence-electron chi connectivity index (χ1n) is 18.4. The second kappa shape index (κ2) is 16.3. The van der Waals surface area contributed by atoms with E-state index in [9.17, 15) is 19.5 Å². The quantitative estimate of drug-likeness (QED) is 0.207. The first-order chi connectivity index (χ1) is 24.6. The van der Waals surface area contributed by atoms with Gasteiger partial charge in [-0.1, -0.05) is 54.6 Å². The van der Waals surface area contributed by atoms with E-state index in [1.54, 1.807) is 0 Å². The van der Waals surface area contributed by atoms with Crippen molar-refractivity contribution in [1.82, 2.24) is 15.1 Å². The van der Waals surface area contributed by atoms with Crippen molar-refractivity contribution in [3.8, 4) is 5.75 Å². The Balaban J connectivity index is 1.26. The molecule has 9 heteroatoms. The first-order valence-corrected chi connectivity index (χ1v) is 18.4. The van der Waals surface area contributed by atoms with Gasteiger partial charge in [0, 0.05) is 63.2 Å². The molecular formula is C42H52N4O5. The predicted molar refractivity (Wildman–Crippen MR) is 199 cm³/mol. The lowest BCUT2D eigenvalue weighted by molar-refractivity contribution is -0.134. The van der Waals surface area contributed by atoms with Crippen LogP contribution in [0.15, 0.2) is 66.2 Å². The van der Waals surface area contributed by atoms with Crippen molar-refractivity contribution in [3.63, 3.8) is 0 Å². The molecule has 2 heterocycles. The largest absolute Gasteiger partial charge is 0.493 e. The molecule has 2 bridgehead atoms. The van der Waals surface area contributed by atoms with E-state index in [1.807, 2.05) is 28.0 Å². The molecular weight excluding hydrogens is 640 g/mol. The zero-order valence-electron chi connectivity index (χ0n) is 30.2. The standard InChI is InChI=1S/C42H52N4O5/c1-27-21-28(2)29(3)38(22-27)51-20-18-30-11-13-32(14-12-30)36-23-34-25-45(40(49)10-6-9-39(43)48)26-37(44-34)41(36)42(50)46(35-15-16-35)24-33-8-5-4-7-31(33)17-19-47/h4-5,7-8,11-14,21-22,34-35,37,44,47H,6,9-10,15-20,23-26H2,1-3H3,(H2,43,48)/t34-,37-/m1/s1. The van der Waals surface area contributed by atoms with E-state index in [2.05, 4.69) is 68.6 Å². The van der Waals surface area contributed by atoms with Crippen LogP contribution in [0, 0.1) is 20.8 Å². The van der Waals surface area contributed by atoms with Gasteiger partial charge >= 0.3 is 0 Å². The third kappa shape index (κ3) is 8.89. The second-order valence-electron chi connectivity index (χ2n) is 14.5. The number of carbonyl (C=O) groups is 3. The SMILES string of the molecule is Cc1cc(C)c(C)c(OCCc2ccc(C3=C(C(=O)N(Cc4ccccc4CCO)C4CC4)[C@H]4CN(C(=O)CCCC(N)=O)C[C@@H](C3)N4)cc2)c1. The Bertz CT molecular complexity index is 1780. The molecule has 2 aliphatic heterocycles. The van der Waals surface area contributed by atoms with Crippen molar-refractivity contribution in [2.24, 2.45) is 5.73 Å². The van der Waals surface area contributed by atoms with Crippen LogP contribution in [-0.2, 0) is 33.8 Å². The Hall–Kier alpha value is -4.47. The van der Waals surface area contributed by atoms with Crippen LogP contribution in [0.2, 0.25) is 0 Å². The minimum Gasteiger partial charge on any atom is -0.493 e. The fourth-order valence-corrected chi connectivity index (χ4v) is 7.61. The van der Waals surface area contributed by atoms with Crippen LogP contribution in [0.4, 0.5) is 0 Å². The number of nitrogens with zero attached hydrogens (tertiary/aromatic N) is 2. The maximum atomic E-state index is 14.9. The highest BCUT2D eigenvalue weighted by Gasteiger charge is 2.43. The maximum absolute atomic E-state index is 14.9. The van der Waals surface area contributed by atoms with Gasteiger partial charge in [-0.25, -0.2) is 0 Å². The predicted octanol–water partition coefficient (Wildman–Crippen LogP) is 4.94. The number of ether oxygens (including phenoxy) is 1. The fraction of sp³-hybridized carbons (Fsp3) is 0.452. The lowest BCUT2D eigenvalue weighted by Gasteiger charge is -2.45. The Morgan fingerprint density at radius 1 is 0.961 bits per heavy atom.